The molecule has 1 saturated heterocycles. The van der Waals surface area contributed by atoms with Gasteiger partial charge in [0.15, 0.2) is 0 Å². The monoisotopic (exact) mass is 319 g/mol. The van der Waals surface area contributed by atoms with Gasteiger partial charge in [-0.05, 0) is 51.9 Å². The molecule has 1 unspecified atom stereocenters. The molecule has 0 spiro atoms. The van der Waals surface area contributed by atoms with Gasteiger partial charge >= 0.3 is 6.03 Å². The zero-order chi connectivity index (χ0) is 16.7. The third-order valence-corrected chi connectivity index (χ3v) is 4.35. The molecule has 5 nitrogen and oxygen atoms in total. The number of hydrogen-bond donors (Lipinski definition) is 1. The van der Waals surface area contributed by atoms with Gasteiger partial charge in [0.1, 0.15) is 5.75 Å². The molecule has 0 aromatic heterocycles. The van der Waals surface area contributed by atoms with Crippen LogP contribution < -0.4 is 10.1 Å². The topological polar surface area (TPSA) is 44.8 Å². The molecule has 23 heavy (non-hydrogen) atoms. The van der Waals surface area contributed by atoms with E-state index in [1.54, 1.807) is 0 Å². The molecule has 0 aliphatic carbocycles. The molecule has 5 heteroatoms. The summed E-state index contributed by atoms with van der Waals surface area (Å²) in [6, 6.07) is 8.66. The van der Waals surface area contributed by atoms with E-state index in [2.05, 4.69) is 30.4 Å². The lowest BCUT2D eigenvalue weighted by Crippen LogP contribution is -2.41. The van der Waals surface area contributed by atoms with E-state index in [9.17, 15) is 4.79 Å². The van der Waals surface area contributed by atoms with Crippen molar-refractivity contribution < 1.29 is 9.53 Å². The minimum Gasteiger partial charge on any atom is -0.494 e. The van der Waals surface area contributed by atoms with Crippen molar-refractivity contribution in [2.45, 2.75) is 32.2 Å². The van der Waals surface area contributed by atoms with Crippen molar-refractivity contribution >= 4 is 6.03 Å². The Morgan fingerprint density at radius 3 is 2.87 bits per heavy atom. The van der Waals surface area contributed by atoms with Crippen molar-refractivity contribution in [2.24, 2.45) is 0 Å². The largest absolute Gasteiger partial charge is 0.494 e. The first kappa shape index (κ1) is 17.6. The second-order valence-corrected chi connectivity index (χ2v) is 6.23. The number of aryl methyl sites for hydroxylation is 1. The summed E-state index contributed by atoms with van der Waals surface area (Å²) in [5.74, 6) is 0.953. The zero-order valence-corrected chi connectivity index (χ0v) is 14.5. The number of nitrogens with zero attached hydrogens (tertiary/aromatic N) is 2. The maximum absolute atomic E-state index is 12.2. The SMILES string of the molecule is CCOc1ccccc1CCCNC(=O)N1CCC(N(C)C)C1. The molecule has 0 bridgehead atoms. The minimum atomic E-state index is 0.0624. The highest BCUT2D eigenvalue weighted by atomic mass is 16.5. The van der Waals surface area contributed by atoms with Crippen LogP contribution in [0, 0.1) is 0 Å². The van der Waals surface area contributed by atoms with Gasteiger partial charge in [-0.2, -0.15) is 0 Å². The molecule has 1 N–H and O–H groups in total. The molecule has 1 heterocycles. The molecule has 0 saturated carbocycles. The van der Waals surface area contributed by atoms with E-state index in [4.69, 9.17) is 4.74 Å². The fourth-order valence-electron chi connectivity index (χ4n) is 2.94. The van der Waals surface area contributed by atoms with Gasteiger partial charge in [0, 0.05) is 25.7 Å². The number of ether oxygens (including phenoxy) is 1. The standard InChI is InChI=1S/C18H29N3O2/c1-4-23-17-10-6-5-8-15(17)9-7-12-19-18(22)21-13-11-16(14-21)20(2)3/h5-6,8,10,16H,4,7,9,11-14H2,1-3H3,(H,19,22). The Hall–Kier alpha value is -1.75. The number of para-hydroxylation sites is 1. The molecule has 1 aromatic carbocycles. The van der Waals surface area contributed by atoms with Crippen molar-refractivity contribution in [3.8, 4) is 5.75 Å². The summed E-state index contributed by atoms with van der Waals surface area (Å²) in [7, 11) is 4.14. The summed E-state index contributed by atoms with van der Waals surface area (Å²) in [5, 5.41) is 3.03. The number of likely N-dealkylation sites (tertiary alicyclic amines) is 1. The molecule has 1 atom stereocenters. The van der Waals surface area contributed by atoms with Gasteiger partial charge in [-0.1, -0.05) is 18.2 Å². The predicted octanol–water partition coefficient (Wildman–Crippen LogP) is 2.36. The Kier molecular flexibility index (Phi) is 6.71. The van der Waals surface area contributed by atoms with Crippen molar-refractivity contribution in [3.63, 3.8) is 0 Å². The third kappa shape index (κ3) is 5.13. The highest BCUT2D eigenvalue weighted by molar-refractivity contribution is 5.74. The smallest absolute Gasteiger partial charge is 0.317 e. The molecular formula is C18H29N3O2. The van der Waals surface area contributed by atoms with Crippen LogP contribution in [0.1, 0.15) is 25.3 Å². The van der Waals surface area contributed by atoms with Crippen LogP contribution in [0.5, 0.6) is 5.75 Å². The number of amides is 2. The summed E-state index contributed by atoms with van der Waals surface area (Å²) in [6.45, 7) is 5.04. The van der Waals surface area contributed by atoms with Gasteiger partial charge in [-0.3, -0.25) is 0 Å². The summed E-state index contributed by atoms with van der Waals surface area (Å²) in [5.41, 5.74) is 1.21. The van der Waals surface area contributed by atoms with Crippen molar-refractivity contribution in [3.05, 3.63) is 29.8 Å². The van der Waals surface area contributed by atoms with Gasteiger partial charge < -0.3 is 19.9 Å². The molecule has 128 valence electrons. The van der Waals surface area contributed by atoms with Gasteiger partial charge in [0.25, 0.3) is 0 Å². The lowest BCUT2D eigenvalue weighted by Gasteiger charge is -2.20. The Balaban J connectivity index is 1.70. The van der Waals surface area contributed by atoms with E-state index in [1.807, 2.05) is 30.0 Å². The number of carbonyl (C=O) groups excluding carboxylic acids is 1. The normalized spacial score (nSPS) is 17.6. The van der Waals surface area contributed by atoms with Gasteiger partial charge in [0.2, 0.25) is 0 Å². The molecule has 1 fully saturated rings. The Morgan fingerprint density at radius 1 is 1.39 bits per heavy atom. The van der Waals surface area contributed by atoms with Crippen molar-refractivity contribution in [1.29, 1.82) is 0 Å². The van der Waals surface area contributed by atoms with Crippen LogP contribution in [0.2, 0.25) is 0 Å². The van der Waals surface area contributed by atoms with Gasteiger partial charge in [-0.15, -0.1) is 0 Å². The zero-order valence-electron chi connectivity index (χ0n) is 14.5. The molecule has 1 aliphatic heterocycles. The highest BCUT2D eigenvalue weighted by Crippen LogP contribution is 2.19. The van der Waals surface area contributed by atoms with E-state index < -0.39 is 0 Å². The average Bonchev–Trinajstić information content (AvgIpc) is 3.03. The molecule has 2 amide bonds. The minimum absolute atomic E-state index is 0.0624. The Morgan fingerprint density at radius 2 is 2.17 bits per heavy atom. The van der Waals surface area contributed by atoms with Crippen LogP contribution in [0.3, 0.4) is 0 Å². The molecule has 1 aliphatic rings. The first-order valence-electron chi connectivity index (χ1n) is 8.51. The molecular weight excluding hydrogens is 290 g/mol. The lowest BCUT2D eigenvalue weighted by molar-refractivity contribution is 0.203. The van der Waals surface area contributed by atoms with E-state index in [0.717, 1.165) is 38.1 Å². The van der Waals surface area contributed by atoms with E-state index >= 15 is 0 Å². The van der Waals surface area contributed by atoms with E-state index in [1.165, 1.54) is 5.56 Å². The van der Waals surface area contributed by atoms with Gasteiger partial charge in [0.05, 0.1) is 6.61 Å². The molecule has 0 radical (unpaired) electrons. The van der Waals surface area contributed by atoms with Crippen molar-refractivity contribution in [2.75, 3.05) is 40.3 Å². The fraction of sp³-hybridized carbons (Fsp3) is 0.611. The summed E-state index contributed by atoms with van der Waals surface area (Å²) in [6.07, 6.45) is 2.89. The Labute approximate surface area is 139 Å². The summed E-state index contributed by atoms with van der Waals surface area (Å²) < 4.78 is 5.63. The lowest BCUT2D eigenvalue weighted by atomic mass is 10.1. The maximum atomic E-state index is 12.2. The first-order chi connectivity index (χ1) is 11.1. The number of benzene rings is 1. The van der Waals surface area contributed by atoms with Crippen LogP contribution in [0.25, 0.3) is 0 Å². The quantitative estimate of drug-likeness (QED) is 0.785. The summed E-state index contributed by atoms with van der Waals surface area (Å²) >= 11 is 0. The third-order valence-electron chi connectivity index (χ3n) is 4.35. The number of urea groups is 1. The first-order valence-corrected chi connectivity index (χ1v) is 8.51. The second kappa shape index (κ2) is 8.77. The number of likely N-dealkylation sites (N-methyl/N-ethyl adjacent to an activating group) is 1. The summed E-state index contributed by atoms with van der Waals surface area (Å²) in [4.78, 5) is 16.3. The van der Waals surface area contributed by atoms with Crippen LogP contribution in [-0.2, 0) is 6.42 Å². The number of carbonyl (C=O) groups is 1. The molecule has 1 aromatic rings. The maximum Gasteiger partial charge on any atom is 0.317 e. The Bertz CT molecular complexity index is 505. The second-order valence-electron chi connectivity index (χ2n) is 6.23. The fourth-order valence-corrected chi connectivity index (χ4v) is 2.94. The van der Waals surface area contributed by atoms with E-state index in [0.29, 0.717) is 19.2 Å². The van der Waals surface area contributed by atoms with Crippen molar-refractivity contribution in [1.82, 2.24) is 15.1 Å². The van der Waals surface area contributed by atoms with Crippen LogP contribution >= 0.6 is 0 Å². The van der Waals surface area contributed by atoms with Crippen LogP contribution in [-0.4, -0.2) is 62.2 Å². The van der Waals surface area contributed by atoms with E-state index in [-0.39, 0.29) is 6.03 Å². The number of hydrogen-bond acceptors (Lipinski definition) is 3. The highest BCUT2D eigenvalue weighted by Gasteiger charge is 2.26. The number of nitrogens with one attached hydrogen (secondary N) is 1. The predicted molar refractivity (Wildman–Crippen MR) is 93.0 cm³/mol. The average molecular weight is 319 g/mol. The molecule has 2 rings (SSSR count). The van der Waals surface area contributed by atoms with Crippen LogP contribution in [0.4, 0.5) is 4.79 Å². The van der Waals surface area contributed by atoms with Crippen LogP contribution in [0.15, 0.2) is 24.3 Å². The number of rotatable bonds is 7. The van der Waals surface area contributed by atoms with Gasteiger partial charge in [-0.25, -0.2) is 4.79 Å².